The molecule has 1 aromatic carbocycles. The van der Waals surface area contributed by atoms with Gasteiger partial charge in [-0.25, -0.2) is 23.1 Å². The van der Waals surface area contributed by atoms with E-state index in [1.165, 1.54) is 17.5 Å². The fraction of sp³-hybridized carbons (Fsp3) is 0.500. The van der Waals surface area contributed by atoms with Crippen molar-refractivity contribution < 1.29 is 23.0 Å². The number of fused-ring (bicyclic) bond motifs is 1. The average Bonchev–Trinajstić information content (AvgIpc) is 3.26. The van der Waals surface area contributed by atoms with Gasteiger partial charge in [0.15, 0.2) is 0 Å². The Morgan fingerprint density at radius 1 is 1.23 bits per heavy atom. The molecule has 1 fully saturated rings. The van der Waals surface area contributed by atoms with Crippen LogP contribution in [0.25, 0.3) is 0 Å². The Labute approximate surface area is 176 Å². The van der Waals surface area contributed by atoms with Gasteiger partial charge in [-0.1, -0.05) is 24.3 Å². The fourth-order valence-corrected chi connectivity index (χ4v) is 4.71. The van der Waals surface area contributed by atoms with Crippen molar-refractivity contribution >= 4 is 16.7 Å². The minimum absolute atomic E-state index is 0.00693. The lowest BCUT2D eigenvalue weighted by Gasteiger charge is -2.21. The number of aliphatic hydroxyl groups is 1. The number of methoxy groups -OCH3 is 1. The second-order valence-corrected chi connectivity index (χ2v) is 8.53. The van der Waals surface area contributed by atoms with Crippen LogP contribution in [0.4, 0.5) is 5.82 Å². The Balaban J connectivity index is 1.41. The van der Waals surface area contributed by atoms with Crippen LogP contribution in [0.3, 0.4) is 0 Å². The number of ether oxygens (including phenoxy) is 2. The van der Waals surface area contributed by atoms with Crippen molar-refractivity contribution in [3.05, 3.63) is 47.8 Å². The molecule has 0 aliphatic heterocycles. The third-order valence-electron chi connectivity index (χ3n) is 5.82. The monoisotopic (exact) mass is 434 g/mol. The van der Waals surface area contributed by atoms with E-state index < -0.39 is 17.0 Å². The van der Waals surface area contributed by atoms with E-state index in [0.29, 0.717) is 24.5 Å². The quantitative estimate of drug-likeness (QED) is 0.451. The number of nitrogens with zero attached hydrogens (tertiary/aromatic N) is 2. The number of aliphatic hydroxyl groups excluding tert-OH is 1. The van der Waals surface area contributed by atoms with Gasteiger partial charge in [-0.05, 0) is 17.5 Å². The highest BCUT2D eigenvalue weighted by molar-refractivity contribution is 7.70. The van der Waals surface area contributed by atoms with E-state index in [9.17, 15) is 13.5 Å². The molecule has 0 amide bonds. The normalized spacial score (nSPS) is 27.9. The highest BCUT2D eigenvalue weighted by Crippen LogP contribution is 2.36. The number of thiol groups is 1. The summed E-state index contributed by atoms with van der Waals surface area (Å²) in [7, 11) is -0.966. The highest BCUT2D eigenvalue weighted by Gasteiger charge is 2.35. The average molecular weight is 435 g/mol. The fourth-order valence-electron chi connectivity index (χ4n) is 4.32. The summed E-state index contributed by atoms with van der Waals surface area (Å²) < 4.78 is 35.4. The number of anilines is 1. The lowest BCUT2D eigenvalue weighted by Crippen LogP contribution is -2.26. The summed E-state index contributed by atoms with van der Waals surface area (Å²) in [4.78, 5) is 8.50. The molecule has 2 aromatic rings. The largest absolute Gasteiger partial charge is 0.474 e. The lowest BCUT2D eigenvalue weighted by atomic mass is 10.1. The van der Waals surface area contributed by atoms with Crippen LogP contribution >= 0.6 is 0 Å². The van der Waals surface area contributed by atoms with Gasteiger partial charge in [-0.2, -0.15) is 0 Å². The van der Waals surface area contributed by atoms with E-state index in [0.717, 1.165) is 6.42 Å². The zero-order valence-electron chi connectivity index (χ0n) is 16.6. The molecule has 10 heteroatoms. The summed E-state index contributed by atoms with van der Waals surface area (Å²) in [5, 5.41) is 13.6. The van der Waals surface area contributed by atoms with E-state index in [2.05, 4.69) is 32.1 Å². The van der Waals surface area contributed by atoms with Gasteiger partial charge in [0.25, 0.3) is 0 Å². The van der Waals surface area contributed by atoms with Crippen LogP contribution in [0.15, 0.2) is 36.7 Å². The predicted molar refractivity (Wildman–Crippen MR) is 111 cm³/mol. The van der Waals surface area contributed by atoms with Gasteiger partial charge in [0.05, 0.1) is 18.2 Å². The van der Waals surface area contributed by atoms with E-state index in [1.807, 2.05) is 12.1 Å². The highest BCUT2D eigenvalue weighted by atomic mass is 32.2. The molecule has 2 aliphatic carbocycles. The molecule has 9 nitrogen and oxygen atoms in total. The first-order valence-corrected chi connectivity index (χ1v) is 11.1. The Kier molecular flexibility index (Phi) is 6.47. The maximum Gasteiger partial charge on any atom is 0.218 e. The number of rotatable bonds is 8. The summed E-state index contributed by atoms with van der Waals surface area (Å²) in [6, 6.07) is 9.96. The molecule has 30 heavy (non-hydrogen) atoms. The number of hydrogen-bond donors (Lipinski definition) is 4. The van der Waals surface area contributed by atoms with Gasteiger partial charge in [-0.3, -0.25) is 0 Å². The minimum Gasteiger partial charge on any atom is -0.474 e. The zero-order chi connectivity index (χ0) is 21.1. The smallest absolute Gasteiger partial charge is 0.218 e. The Morgan fingerprint density at radius 2 is 2.07 bits per heavy atom. The molecule has 4 rings (SSSR count). The van der Waals surface area contributed by atoms with Crippen molar-refractivity contribution in [1.82, 2.24) is 14.7 Å². The molecular weight excluding hydrogens is 408 g/mol. The summed E-state index contributed by atoms with van der Waals surface area (Å²) in [5.41, 5.74) is 2.45. The third-order valence-corrected chi connectivity index (χ3v) is 6.26. The van der Waals surface area contributed by atoms with Gasteiger partial charge < -0.3 is 19.9 Å². The van der Waals surface area contributed by atoms with E-state index in [1.54, 1.807) is 13.2 Å². The summed E-state index contributed by atoms with van der Waals surface area (Å²) >= 11 is 0. The van der Waals surface area contributed by atoms with Crippen molar-refractivity contribution in [2.45, 2.75) is 43.6 Å². The van der Waals surface area contributed by atoms with Crippen molar-refractivity contribution in [3.8, 4) is 5.88 Å². The SMILES string of the molecule is CO[C@H]1Cc2ccccc2[C@H]1Nc1cc(O[C@@H]2C[C@@H](CN[SH](=O)=O)[C@H](O)C2)ncn1. The van der Waals surface area contributed by atoms with E-state index in [-0.39, 0.29) is 30.7 Å². The van der Waals surface area contributed by atoms with Gasteiger partial charge in [0, 0.05) is 38.5 Å². The predicted octanol–water partition coefficient (Wildman–Crippen LogP) is 0.835. The first-order chi connectivity index (χ1) is 14.5. The van der Waals surface area contributed by atoms with Gasteiger partial charge >= 0.3 is 0 Å². The summed E-state index contributed by atoms with van der Waals surface area (Å²) in [5.74, 6) is 0.858. The molecule has 0 radical (unpaired) electrons. The number of hydrogen-bond acceptors (Lipinski definition) is 8. The lowest BCUT2D eigenvalue weighted by molar-refractivity contribution is 0.0959. The molecular formula is C20H26N4O5S. The summed E-state index contributed by atoms with van der Waals surface area (Å²) in [6.07, 6.45) is 2.40. The van der Waals surface area contributed by atoms with E-state index >= 15 is 0 Å². The number of aromatic nitrogens is 2. The van der Waals surface area contributed by atoms with Gasteiger partial charge in [0.2, 0.25) is 16.8 Å². The molecule has 1 saturated carbocycles. The third kappa shape index (κ3) is 4.72. The van der Waals surface area contributed by atoms with E-state index in [4.69, 9.17) is 9.47 Å². The molecule has 5 atom stereocenters. The number of nitrogens with one attached hydrogen (secondary N) is 2. The molecule has 0 saturated heterocycles. The topological polar surface area (TPSA) is 123 Å². The Morgan fingerprint density at radius 3 is 2.87 bits per heavy atom. The Bertz CT molecular complexity index is 948. The molecule has 0 unspecified atom stereocenters. The van der Waals surface area contributed by atoms with Crippen molar-refractivity contribution in [1.29, 1.82) is 0 Å². The van der Waals surface area contributed by atoms with Crippen LogP contribution in [-0.4, -0.2) is 55.5 Å². The van der Waals surface area contributed by atoms with Crippen LogP contribution in [0.2, 0.25) is 0 Å². The van der Waals surface area contributed by atoms with Crippen molar-refractivity contribution in [2.24, 2.45) is 5.92 Å². The minimum atomic E-state index is -2.67. The van der Waals surface area contributed by atoms with Crippen LogP contribution in [0, 0.1) is 5.92 Å². The molecule has 162 valence electrons. The molecule has 2 aliphatic rings. The molecule has 1 aromatic heterocycles. The second kappa shape index (κ2) is 9.25. The van der Waals surface area contributed by atoms with Crippen LogP contribution in [0.1, 0.15) is 30.0 Å². The van der Waals surface area contributed by atoms with Gasteiger partial charge in [0.1, 0.15) is 18.2 Å². The standard InChI is InChI=1S/C20H26N4O5S/c1-28-17-7-12-4-2-3-5-15(12)20(17)24-18-9-19(22-11-21-18)29-14-6-13(16(25)8-14)10-23-30(26)27/h2-5,9,11,13-14,16-17,20,25,30H,6-8,10H2,1H3,(H,21,22,24)(H,23,26,27)/t13-,14+,16+,17-,20+/m0/s1. The van der Waals surface area contributed by atoms with Crippen LogP contribution in [0.5, 0.6) is 5.88 Å². The first-order valence-electron chi connectivity index (χ1n) is 9.95. The van der Waals surface area contributed by atoms with Crippen molar-refractivity contribution in [3.63, 3.8) is 0 Å². The van der Waals surface area contributed by atoms with Gasteiger partial charge in [-0.15, -0.1) is 0 Å². The maximum absolute atomic E-state index is 10.7. The van der Waals surface area contributed by atoms with Crippen LogP contribution < -0.4 is 14.8 Å². The number of benzene rings is 1. The Hall–Kier alpha value is -2.27. The van der Waals surface area contributed by atoms with Crippen molar-refractivity contribution in [2.75, 3.05) is 19.0 Å². The summed E-state index contributed by atoms with van der Waals surface area (Å²) in [6.45, 7) is 0.204. The molecule has 1 heterocycles. The van der Waals surface area contributed by atoms with Crippen LogP contribution in [-0.2, 0) is 22.0 Å². The zero-order valence-corrected chi connectivity index (χ0v) is 17.5. The second-order valence-electron chi connectivity index (χ2n) is 7.70. The first kappa shape index (κ1) is 21.0. The maximum atomic E-state index is 10.7. The molecule has 3 N–H and O–H groups in total. The molecule has 0 bridgehead atoms. The molecule has 0 spiro atoms.